The number of nitrogens with one attached hydrogen (secondary N) is 2. The van der Waals surface area contributed by atoms with Crippen molar-refractivity contribution in [1.82, 2.24) is 25.3 Å². The lowest BCUT2D eigenvalue weighted by Crippen LogP contribution is -2.38. The fourth-order valence-electron chi connectivity index (χ4n) is 2.66. The lowest BCUT2D eigenvalue weighted by molar-refractivity contribution is -0.121. The number of aryl methyl sites for hydroxylation is 2. The molecule has 21 heavy (non-hydrogen) atoms. The Bertz CT molecular complexity index is 631. The van der Waals surface area contributed by atoms with E-state index in [2.05, 4.69) is 25.5 Å². The minimum atomic E-state index is 0.0485. The fraction of sp³-hybridized carbons (Fsp3) is 0.500. The second kappa shape index (κ2) is 5.59. The zero-order chi connectivity index (χ0) is 14.8. The molecule has 0 saturated carbocycles. The van der Waals surface area contributed by atoms with Gasteiger partial charge < -0.3 is 10.2 Å². The highest BCUT2D eigenvalue weighted by Gasteiger charge is 2.25. The van der Waals surface area contributed by atoms with Gasteiger partial charge in [0.15, 0.2) is 5.82 Å². The molecule has 1 atom stereocenters. The molecule has 1 saturated heterocycles. The van der Waals surface area contributed by atoms with Crippen LogP contribution in [-0.2, 0) is 18.3 Å². The average Bonchev–Trinajstić information content (AvgIpc) is 3.13. The maximum Gasteiger partial charge on any atom is 0.224 e. The Morgan fingerprint density at radius 3 is 3.10 bits per heavy atom. The number of hydrogen-bond acceptors (Lipinski definition) is 4. The first-order valence-electron chi connectivity index (χ1n) is 7.14. The molecule has 2 aromatic rings. The second-order valence-corrected chi connectivity index (χ2v) is 5.54. The van der Waals surface area contributed by atoms with Crippen LogP contribution < -0.4 is 10.2 Å². The molecule has 1 unspecified atom stereocenters. The minimum absolute atomic E-state index is 0.0485. The standard InChI is InChI=1S/C14H20N6O/c1-10-11(8-15-17-10)7-14(21)16-12-3-6-20(9-12)13-4-5-19(2)18-13/h4-5,8,12H,3,6-7,9H2,1-2H3,(H,15,17)(H,16,21). The van der Waals surface area contributed by atoms with Gasteiger partial charge in [0.1, 0.15) is 0 Å². The summed E-state index contributed by atoms with van der Waals surface area (Å²) in [6.07, 6.45) is 4.97. The third-order valence-corrected chi connectivity index (χ3v) is 3.86. The minimum Gasteiger partial charge on any atom is -0.353 e. The van der Waals surface area contributed by atoms with Crippen LogP contribution in [0.15, 0.2) is 18.5 Å². The summed E-state index contributed by atoms with van der Waals surface area (Å²) in [5, 5.41) is 14.3. The molecule has 1 fully saturated rings. The quantitative estimate of drug-likeness (QED) is 0.853. The van der Waals surface area contributed by atoms with E-state index in [1.807, 2.05) is 26.2 Å². The van der Waals surface area contributed by atoms with Gasteiger partial charge in [0, 0.05) is 49.7 Å². The summed E-state index contributed by atoms with van der Waals surface area (Å²) in [4.78, 5) is 14.3. The fourth-order valence-corrected chi connectivity index (χ4v) is 2.66. The number of nitrogens with zero attached hydrogens (tertiary/aromatic N) is 4. The van der Waals surface area contributed by atoms with Gasteiger partial charge in [-0.15, -0.1) is 0 Å². The largest absolute Gasteiger partial charge is 0.353 e. The Morgan fingerprint density at radius 2 is 2.43 bits per heavy atom. The van der Waals surface area contributed by atoms with Gasteiger partial charge in [0.25, 0.3) is 0 Å². The molecule has 0 aliphatic carbocycles. The SMILES string of the molecule is Cc1[nH]ncc1CC(=O)NC1CCN(c2ccn(C)n2)C1. The maximum atomic E-state index is 12.1. The summed E-state index contributed by atoms with van der Waals surface area (Å²) < 4.78 is 1.79. The number of aromatic nitrogens is 4. The van der Waals surface area contributed by atoms with Crippen molar-refractivity contribution in [3.63, 3.8) is 0 Å². The second-order valence-electron chi connectivity index (χ2n) is 5.54. The van der Waals surface area contributed by atoms with Crippen LogP contribution in [0.25, 0.3) is 0 Å². The van der Waals surface area contributed by atoms with E-state index in [4.69, 9.17) is 0 Å². The Hall–Kier alpha value is -2.31. The number of anilines is 1. The molecule has 0 aromatic carbocycles. The van der Waals surface area contributed by atoms with Gasteiger partial charge in [-0.1, -0.05) is 0 Å². The smallest absolute Gasteiger partial charge is 0.224 e. The van der Waals surface area contributed by atoms with E-state index in [0.29, 0.717) is 6.42 Å². The summed E-state index contributed by atoms with van der Waals surface area (Å²) in [7, 11) is 1.91. The Kier molecular flexibility index (Phi) is 3.64. The van der Waals surface area contributed by atoms with Crippen molar-refractivity contribution in [3.8, 4) is 0 Å². The molecule has 7 heteroatoms. The number of H-pyrrole nitrogens is 1. The molecule has 1 amide bonds. The van der Waals surface area contributed by atoms with E-state index < -0.39 is 0 Å². The third-order valence-electron chi connectivity index (χ3n) is 3.86. The van der Waals surface area contributed by atoms with Gasteiger partial charge in [-0.25, -0.2) is 0 Å². The molecule has 1 aliphatic rings. The summed E-state index contributed by atoms with van der Waals surface area (Å²) in [5.74, 6) is 1.02. The zero-order valence-corrected chi connectivity index (χ0v) is 12.3. The summed E-state index contributed by atoms with van der Waals surface area (Å²) >= 11 is 0. The van der Waals surface area contributed by atoms with Crippen molar-refractivity contribution in [2.75, 3.05) is 18.0 Å². The number of amides is 1. The van der Waals surface area contributed by atoms with Crippen molar-refractivity contribution in [1.29, 1.82) is 0 Å². The van der Waals surface area contributed by atoms with Crippen molar-refractivity contribution in [2.24, 2.45) is 7.05 Å². The van der Waals surface area contributed by atoms with E-state index >= 15 is 0 Å². The predicted octanol–water partition coefficient (Wildman–Crippen LogP) is 0.389. The molecular formula is C14H20N6O. The molecule has 112 valence electrons. The zero-order valence-electron chi connectivity index (χ0n) is 12.3. The van der Waals surface area contributed by atoms with Crippen LogP contribution in [0, 0.1) is 6.92 Å². The van der Waals surface area contributed by atoms with Crippen LogP contribution in [0.1, 0.15) is 17.7 Å². The van der Waals surface area contributed by atoms with Gasteiger partial charge >= 0.3 is 0 Å². The number of carbonyl (C=O) groups is 1. The van der Waals surface area contributed by atoms with Gasteiger partial charge in [-0.05, 0) is 13.3 Å². The first kappa shape index (κ1) is 13.7. The average molecular weight is 288 g/mol. The summed E-state index contributed by atoms with van der Waals surface area (Å²) in [5.41, 5.74) is 1.90. The molecular weight excluding hydrogens is 268 g/mol. The molecule has 7 nitrogen and oxygen atoms in total. The normalized spacial score (nSPS) is 18.2. The van der Waals surface area contributed by atoms with Crippen LogP contribution in [0.5, 0.6) is 0 Å². The van der Waals surface area contributed by atoms with E-state index in [1.54, 1.807) is 10.9 Å². The van der Waals surface area contributed by atoms with Crippen LogP contribution >= 0.6 is 0 Å². The molecule has 0 spiro atoms. The third kappa shape index (κ3) is 3.07. The molecule has 3 heterocycles. The first-order chi connectivity index (χ1) is 10.1. The molecule has 2 aromatic heterocycles. The highest BCUT2D eigenvalue weighted by atomic mass is 16.1. The van der Waals surface area contributed by atoms with Crippen molar-refractivity contribution in [3.05, 3.63) is 29.7 Å². The van der Waals surface area contributed by atoms with E-state index in [9.17, 15) is 4.79 Å². The monoisotopic (exact) mass is 288 g/mol. The van der Waals surface area contributed by atoms with Gasteiger partial charge in [0.05, 0.1) is 12.6 Å². The van der Waals surface area contributed by atoms with E-state index in [0.717, 1.165) is 36.6 Å². The summed E-state index contributed by atoms with van der Waals surface area (Å²) in [6, 6.07) is 2.19. The molecule has 0 radical (unpaired) electrons. The number of hydrogen-bond donors (Lipinski definition) is 2. The van der Waals surface area contributed by atoms with Crippen LogP contribution in [-0.4, -0.2) is 45.0 Å². The molecule has 1 aliphatic heterocycles. The molecule has 2 N–H and O–H groups in total. The van der Waals surface area contributed by atoms with Gasteiger partial charge in [-0.3, -0.25) is 14.6 Å². The van der Waals surface area contributed by atoms with E-state index in [-0.39, 0.29) is 11.9 Å². The number of aromatic amines is 1. The summed E-state index contributed by atoms with van der Waals surface area (Å²) in [6.45, 7) is 3.66. The van der Waals surface area contributed by atoms with Crippen LogP contribution in [0.3, 0.4) is 0 Å². The Morgan fingerprint density at radius 1 is 1.57 bits per heavy atom. The van der Waals surface area contributed by atoms with Crippen molar-refractivity contribution in [2.45, 2.75) is 25.8 Å². The van der Waals surface area contributed by atoms with Crippen LogP contribution in [0.4, 0.5) is 5.82 Å². The highest BCUT2D eigenvalue weighted by Crippen LogP contribution is 2.17. The Labute approximate surface area is 123 Å². The molecule has 3 rings (SSSR count). The number of carbonyl (C=O) groups excluding carboxylic acids is 1. The topological polar surface area (TPSA) is 78.8 Å². The van der Waals surface area contributed by atoms with Crippen molar-refractivity contribution >= 4 is 11.7 Å². The van der Waals surface area contributed by atoms with Gasteiger partial charge in [0.2, 0.25) is 5.91 Å². The predicted molar refractivity (Wildman–Crippen MR) is 79.0 cm³/mol. The maximum absolute atomic E-state index is 12.1. The Balaban J connectivity index is 1.52. The van der Waals surface area contributed by atoms with Crippen LogP contribution in [0.2, 0.25) is 0 Å². The van der Waals surface area contributed by atoms with Crippen molar-refractivity contribution < 1.29 is 4.79 Å². The highest BCUT2D eigenvalue weighted by molar-refractivity contribution is 5.79. The van der Waals surface area contributed by atoms with Gasteiger partial charge in [-0.2, -0.15) is 10.2 Å². The van der Waals surface area contributed by atoms with E-state index in [1.165, 1.54) is 0 Å². The lowest BCUT2D eigenvalue weighted by Gasteiger charge is -2.16. The first-order valence-corrected chi connectivity index (χ1v) is 7.14. The number of rotatable bonds is 4. The molecule has 0 bridgehead atoms. The lowest BCUT2D eigenvalue weighted by atomic mass is 10.1.